The van der Waals surface area contributed by atoms with Crippen molar-refractivity contribution in [3.8, 4) is 0 Å². The zero-order chi connectivity index (χ0) is 19.7. The van der Waals surface area contributed by atoms with Gasteiger partial charge in [0.2, 0.25) is 0 Å². The Kier molecular flexibility index (Phi) is 9.12. The summed E-state index contributed by atoms with van der Waals surface area (Å²) in [5, 5.41) is 13.9. The summed E-state index contributed by atoms with van der Waals surface area (Å²) in [6.07, 6.45) is 0.942. The van der Waals surface area contributed by atoms with Crippen molar-refractivity contribution in [2.24, 2.45) is 11.8 Å². The number of amides is 1. The van der Waals surface area contributed by atoms with Gasteiger partial charge in [0.05, 0.1) is 15.4 Å². The van der Waals surface area contributed by atoms with Crippen LogP contribution in [0.2, 0.25) is 0 Å². The molecule has 144 valence electrons. The first-order valence-corrected chi connectivity index (χ1v) is 9.54. The molecule has 0 fully saturated rings. The topological polar surface area (TPSA) is 98.5 Å². The first-order chi connectivity index (χ1) is 12.2. The fraction of sp³-hybridized carbons (Fsp3) is 0.556. The summed E-state index contributed by atoms with van der Waals surface area (Å²) in [6, 6.07) is 4.24. The third kappa shape index (κ3) is 7.86. The number of nitro benzene ring substituents is 1. The maximum atomic E-state index is 12.0. The summed E-state index contributed by atoms with van der Waals surface area (Å²) in [6.45, 7) is 8.16. The number of nitro groups is 1. The standard InChI is InChI=1S/C18H26N2O5S/c1-12(2)7-8-26-16-6-5-14(9-15(16)20(23)24)18(22)25-11-17(21)19-10-13(3)4/h5-6,9,12-13H,7-8,10-11H2,1-4H3,(H,19,21). The number of hydrogen-bond acceptors (Lipinski definition) is 6. The molecule has 0 spiro atoms. The molecule has 0 atom stereocenters. The Morgan fingerprint density at radius 2 is 1.92 bits per heavy atom. The number of hydrogen-bond donors (Lipinski definition) is 1. The normalized spacial score (nSPS) is 10.8. The predicted octanol–water partition coefficient (Wildman–Crippen LogP) is 3.66. The Labute approximate surface area is 158 Å². The first-order valence-electron chi connectivity index (χ1n) is 8.55. The van der Waals surface area contributed by atoms with Gasteiger partial charge in [0.15, 0.2) is 6.61 Å². The Hall–Kier alpha value is -2.09. The number of ether oxygens (including phenoxy) is 1. The summed E-state index contributed by atoms with van der Waals surface area (Å²) >= 11 is 1.39. The maximum Gasteiger partial charge on any atom is 0.338 e. The lowest BCUT2D eigenvalue weighted by atomic mass is 10.2. The molecule has 0 unspecified atom stereocenters. The Morgan fingerprint density at radius 1 is 1.23 bits per heavy atom. The molecule has 26 heavy (non-hydrogen) atoms. The number of thioether (sulfide) groups is 1. The van der Waals surface area contributed by atoms with Crippen molar-refractivity contribution in [3.05, 3.63) is 33.9 Å². The molecule has 7 nitrogen and oxygen atoms in total. The highest BCUT2D eigenvalue weighted by atomic mass is 32.2. The molecule has 0 aliphatic heterocycles. The maximum absolute atomic E-state index is 12.0. The van der Waals surface area contributed by atoms with E-state index >= 15 is 0 Å². The van der Waals surface area contributed by atoms with Gasteiger partial charge in [-0.25, -0.2) is 4.79 Å². The smallest absolute Gasteiger partial charge is 0.338 e. The number of carbonyl (C=O) groups is 2. The number of nitrogens with one attached hydrogen (secondary N) is 1. The highest BCUT2D eigenvalue weighted by Crippen LogP contribution is 2.31. The van der Waals surface area contributed by atoms with Gasteiger partial charge in [0, 0.05) is 12.6 Å². The monoisotopic (exact) mass is 382 g/mol. The van der Waals surface area contributed by atoms with E-state index in [0.29, 0.717) is 17.4 Å². The van der Waals surface area contributed by atoms with E-state index in [2.05, 4.69) is 19.2 Å². The largest absolute Gasteiger partial charge is 0.452 e. The third-order valence-electron chi connectivity index (χ3n) is 3.39. The van der Waals surface area contributed by atoms with Crippen LogP contribution in [-0.4, -0.2) is 35.7 Å². The second kappa shape index (κ2) is 10.8. The van der Waals surface area contributed by atoms with Gasteiger partial charge in [0.1, 0.15) is 0 Å². The molecule has 8 heteroatoms. The number of benzene rings is 1. The van der Waals surface area contributed by atoms with E-state index in [1.165, 1.54) is 23.9 Å². The van der Waals surface area contributed by atoms with Crippen LogP contribution in [0.4, 0.5) is 5.69 Å². The summed E-state index contributed by atoms with van der Waals surface area (Å²) in [5.41, 5.74) is -0.0703. The number of carbonyl (C=O) groups excluding carboxylic acids is 2. The fourth-order valence-corrected chi connectivity index (χ4v) is 3.15. The molecule has 1 N–H and O–H groups in total. The fourth-order valence-electron chi connectivity index (χ4n) is 1.90. The minimum absolute atomic E-state index is 0.0570. The van der Waals surface area contributed by atoms with Gasteiger partial charge in [-0.05, 0) is 36.1 Å². The molecule has 1 rings (SSSR count). The molecule has 0 aliphatic rings. The molecule has 0 heterocycles. The van der Waals surface area contributed by atoms with Crippen molar-refractivity contribution in [3.63, 3.8) is 0 Å². The molecular weight excluding hydrogens is 356 g/mol. The van der Waals surface area contributed by atoms with Gasteiger partial charge >= 0.3 is 5.97 Å². The van der Waals surface area contributed by atoms with Gasteiger partial charge in [-0.2, -0.15) is 0 Å². The van der Waals surface area contributed by atoms with Crippen LogP contribution in [0.1, 0.15) is 44.5 Å². The first kappa shape index (κ1) is 22.0. The molecule has 0 bridgehead atoms. The van der Waals surface area contributed by atoms with Crippen molar-refractivity contribution < 1.29 is 19.2 Å². The zero-order valence-corrected chi connectivity index (χ0v) is 16.4. The van der Waals surface area contributed by atoms with Gasteiger partial charge in [0.25, 0.3) is 11.6 Å². The quantitative estimate of drug-likeness (QED) is 0.287. The minimum atomic E-state index is -0.758. The molecule has 0 radical (unpaired) electrons. The highest BCUT2D eigenvalue weighted by molar-refractivity contribution is 7.99. The SMILES string of the molecule is CC(C)CCSc1ccc(C(=O)OCC(=O)NCC(C)C)cc1[N+](=O)[O-]. The predicted molar refractivity (Wildman–Crippen MR) is 101 cm³/mol. The number of nitrogens with zero attached hydrogens (tertiary/aromatic N) is 1. The lowest BCUT2D eigenvalue weighted by molar-refractivity contribution is -0.387. The van der Waals surface area contributed by atoms with Gasteiger partial charge in [-0.3, -0.25) is 14.9 Å². The van der Waals surface area contributed by atoms with Crippen molar-refractivity contribution in [1.29, 1.82) is 0 Å². The van der Waals surface area contributed by atoms with Crippen molar-refractivity contribution >= 4 is 29.3 Å². The van der Waals surface area contributed by atoms with Crippen LogP contribution in [-0.2, 0) is 9.53 Å². The highest BCUT2D eigenvalue weighted by Gasteiger charge is 2.19. The van der Waals surface area contributed by atoms with E-state index in [4.69, 9.17) is 4.74 Å². The van der Waals surface area contributed by atoms with Crippen molar-refractivity contribution in [1.82, 2.24) is 5.32 Å². The Balaban J connectivity index is 2.71. The van der Waals surface area contributed by atoms with E-state index in [1.807, 2.05) is 13.8 Å². The van der Waals surface area contributed by atoms with Crippen molar-refractivity contribution in [2.45, 2.75) is 39.0 Å². The molecule has 0 saturated carbocycles. The van der Waals surface area contributed by atoms with Gasteiger partial charge in [-0.1, -0.05) is 27.7 Å². The van der Waals surface area contributed by atoms with E-state index in [9.17, 15) is 19.7 Å². The molecule has 0 saturated heterocycles. The van der Waals surface area contributed by atoms with Crippen LogP contribution in [0.25, 0.3) is 0 Å². The molecule has 0 aliphatic carbocycles. The second-order valence-electron chi connectivity index (χ2n) is 6.74. The molecule has 1 aromatic carbocycles. The summed E-state index contributed by atoms with van der Waals surface area (Å²) in [7, 11) is 0. The lowest BCUT2D eigenvalue weighted by Gasteiger charge is -2.09. The van der Waals surface area contributed by atoms with E-state index in [-0.39, 0.29) is 17.2 Å². The van der Waals surface area contributed by atoms with Crippen LogP contribution >= 0.6 is 11.8 Å². The van der Waals surface area contributed by atoms with Crippen LogP contribution in [0, 0.1) is 22.0 Å². The number of esters is 1. The average Bonchev–Trinajstić information content (AvgIpc) is 2.57. The lowest BCUT2D eigenvalue weighted by Crippen LogP contribution is -2.31. The molecule has 1 aromatic rings. The van der Waals surface area contributed by atoms with E-state index in [1.54, 1.807) is 6.07 Å². The molecule has 1 amide bonds. The van der Waals surface area contributed by atoms with E-state index in [0.717, 1.165) is 12.2 Å². The van der Waals surface area contributed by atoms with Crippen LogP contribution < -0.4 is 5.32 Å². The number of rotatable bonds is 10. The Morgan fingerprint density at radius 3 is 2.50 bits per heavy atom. The van der Waals surface area contributed by atoms with Crippen LogP contribution in [0.3, 0.4) is 0 Å². The van der Waals surface area contributed by atoms with Gasteiger partial charge < -0.3 is 10.1 Å². The van der Waals surface area contributed by atoms with Crippen LogP contribution in [0.15, 0.2) is 23.1 Å². The average molecular weight is 382 g/mol. The Bertz CT molecular complexity index is 646. The van der Waals surface area contributed by atoms with Crippen molar-refractivity contribution in [2.75, 3.05) is 18.9 Å². The third-order valence-corrected chi connectivity index (χ3v) is 4.48. The van der Waals surface area contributed by atoms with E-state index < -0.39 is 23.4 Å². The summed E-state index contributed by atoms with van der Waals surface area (Å²) < 4.78 is 4.93. The zero-order valence-electron chi connectivity index (χ0n) is 15.6. The summed E-state index contributed by atoms with van der Waals surface area (Å²) in [4.78, 5) is 34.9. The van der Waals surface area contributed by atoms with Crippen LogP contribution in [0.5, 0.6) is 0 Å². The van der Waals surface area contributed by atoms with Gasteiger partial charge in [-0.15, -0.1) is 11.8 Å². The molecule has 0 aromatic heterocycles. The second-order valence-corrected chi connectivity index (χ2v) is 7.88. The minimum Gasteiger partial charge on any atom is -0.452 e. The summed E-state index contributed by atoms with van der Waals surface area (Å²) in [5.74, 6) is 0.405. The molecular formula is C18H26N2O5S.